The van der Waals surface area contributed by atoms with Crippen molar-refractivity contribution in [3.8, 4) is 0 Å². The molecule has 17 heavy (non-hydrogen) atoms. The van der Waals surface area contributed by atoms with E-state index >= 15 is 0 Å². The molecule has 0 bridgehead atoms. The lowest BCUT2D eigenvalue weighted by molar-refractivity contribution is 0.0576. The van der Waals surface area contributed by atoms with Gasteiger partial charge in [-0.3, -0.25) is 0 Å². The van der Waals surface area contributed by atoms with Crippen molar-refractivity contribution in [1.29, 1.82) is 0 Å². The van der Waals surface area contributed by atoms with E-state index in [0.717, 1.165) is 31.1 Å². The van der Waals surface area contributed by atoms with Gasteiger partial charge in [0.15, 0.2) is 0 Å². The Labute approximate surface area is 103 Å². The molecule has 1 saturated heterocycles. The molecule has 4 heteroatoms. The van der Waals surface area contributed by atoms with Crippen LogP contribution in [0.4, 0.5) is 5.82 Å². The van der Waals surface area contributed by atoms with E-state index in [1.54, 1.807) is 0 Å². The van der Waals surface area contributed by atoms with Crippen LogP contribution in [0.2, 0.25) is 0 Å². The van der Waals surface area contributed by atoms with E-state index in [2.05, 4.69) is 23.0 Å². The first kappa shape index (κ1) is 12.3. The Kier molecular flexibility index (Phi) is 4.34. The molecule has 2 rings (SSSR count). The zero-order chi connectivity index (χ0) is 12.1. The Morgan fingerprint density at radius 3 is 3.18 bits per heavy atom. The van der Waals surface area contributed by atoms with E-state index in [4.69, 9.17) is 10.5 Å². The fourth-order valence-corrected chi connectivity index (χ4v) is 2.23. The first-order valence-electron chi connectivity index (χ1n) is 6.23. The van der Waals surface area contributed by atoms with Crippen LogP contribution in [0.5, 0.6) is 0 Å². The summed E-state index contributed by atoms with van der Waals surface area (Å²) in [5.41, 5.74) is 6.76. The third-order valence-corrected chi connectivity index (χ3v) is 3.22. The fraction of sp³-hybridized carbons (Fsp3) is 0.615. The van der Waals surface area contributed by atoms with Gasteiger partial charge in [0.05, 0.1) is 6.61 Å². The molecule has 2 N–H and O–H groups in total. The van der Waals surface area contributed by atoms with Crippen molar-refractivity contribution in [2.75, 3.05) is 31.7 Å². The molecule has 4 nitrogen and oxygen atoms in total. The highest BCUT2D eigenvalue weighted by Crippen LogP contribution is 2.18. The van der Waals surface area contributed by atoms with Crippen LogP contribution in [0.1, 0.15) is 18.4 Å². The van der Waals surface area contributed by atoms with Crippen LogP contribution in [-0.2, 0) is 11.3 Å². The summed E-state index contributed by atoms with van der Waals surface area (Å²) in [6.45, 7) is 3.36. The second kappa shape index (κ2) is 5.98. The van der Waals surface area contributed by atoms with Gasteiger partial charge in [-0.25, -0.2) is 4.98 Å². The maximum absolute atomic E-state index is 5.64. The summed E-state index contributed by atoms with van der Waals surface area (Å²) in [4.78, 5) is 6.58. The lowest BCUT2D eigenvalue weighted by Gasteiger charge is -2.27. The normalized spacial score (nSPS) is 20.2. The van der Waals surface area contributed by atoms with E-state index in [9.17, 15) is 0 Å². The smallest absolute Gasteiger partial charge is 0.128 e. The second-order valence-electron chi connectivity index (χ2n) is 4.69. The van der Waals surface area contributed by atoms with Gasteiger partial charge in [0.25, 0.3) is 0 Å². The fourth-order valence-electron chi connectivity index (χ4n) is 2.23. The quantitative estimate of drug-likeness (QED) is 0.857. The summed E-state index contributed by atoms with van der Waals surface area (Å²) < 4.78 is 5.50. The highest BCUT2D eigenvalue weighted by molar-refractivity contribution is 5.40. The molecular weight excluding hydrogens is 214 g/mol. The molecule has 1 unspecified atom stereocenters. The van der Waals surface area contributed by atoms with Gasteiger partial charge < -0.3 is 15.4 Å². The van der Waals surface area contributed by atoms with Crippen LogP contribution >= 0.6 is 0 Å². The van der Waals surface area contributed by atoms with Crippen molar-refractivity contribution in [3.05, 3.63) is 23.9 Å². The number of hydrogen-bond acceptors (Lipinski definition) is 4. The van der Waals surface area contributed by atoms with E-state index in [1.807, 2.05) is 12.3 Å². The van der Waals surface area contributed by atoms with Gasteiger partial charge in [0.1, 0.15) is 5.82 Å². The van der Waals surface area contributed by atoms with Crippen molar-refractivity contribution < 1.29 is 4.74 Å². The molecule has 2 heterocycles. The summed E-state index contributed by atoms with van der Waals surface area (Å²) in [7, 11) is 2.08. The van der Waals surface area contributed by atoms with E-state index in [0.29, 0.717) is 12.5 Å². The Morgan fingerprint density at radius 2 is 2.47 bits per heavy atom. The van der Waals surface area contributed by atoms with E-state index in [-0.39, 0.29) is 0 Å². The molecule has 1 aromatic heterocycles. The van der Waals surface area contributed by atoms with Crippen molar-refractivity contribution in [2.24, 2.45) is 11.7 Å². The average Bonchev–Trinajstić information content (AvgIpc) is 2.40. The highest BCUT2D eigenvalue weighted by Gasteiger charge is 2.16. The number of hydrogen-bond donors (Lipinski definition) is 1. The number of aromatic nitrogens is 1. The van der Waals surface area contributed by atoms with Gasteiger partial charge >= 0.3 is 0 Å². The summed E-state index contributed by atoms with van der Waals surface area (Å²) >= 11 is 0. The minimum atomic E-state index is 0.565. The number of pyridine rings is 1. The Balaban J connectivity index is 1.95. The predicted molar refractivity (Wildman–Crippen MR) is 68.9 cm³/mol. The first-order chi connectivity index (χ1) is 8.29. The lowest BCUT2D eigenvalue weighted by Crippen LogP contribution is -2.31. The molecule has 0 spiro atoms. The van der Waals surface area contributed by atoms with Crippen LogP contribution in [0, 0.1) is 5.92 Å². The lowest BCUT2D eigenvalue weighted by atomic mass is 10.0. The van der Waals surface area contributed by atoms with Gasteiger partial charge in [-0.1, -0.05) is 0 Å². The van der Waals surface area contributed by atoms with Crippen LogP contribution in [0.25, 0.3) is 0 Å². The summed E-state index contributed by atoms with van der Waals surface area (Å²) in [6, 6.07) is 4.02. The molecule has 94 valence electrons. The maximum atomic E-state index is 5.64. The molecule has 0 radical (unpaired) electrons. The van der Waals surface area contributed by atoms with Crippen LogP contribution in [-0.4, -0.2) is 31.8 Å². The number of nitrogens with two attached hydrogens (primary N) is 1. The molecule has 0 amide bonds. The van der Waals surface area contributed by atoms with Gasteiger partial charge in [-0.2, -0.15) is 0 Å². The molecule has 0 aliphatic carbocycles. The zero-order valence-electron chi connectivity index (χ0n) is 10.4. The minimum absolute atomic E-state index is 0.565. The molecule has 1 atom stereocenters. The minimum Gasteiger partial charge on any atom is -0.381 e. The zero-order valence-corrected chi connectivity index (χ0v) is 10.4. The monoisotopic (exact) mass is 235 g/mol. The number of rotatable bonds is 4. The van der Waals surface area contributed by atoms with E-state index < -0.39 is 0 Å². The van der Waals surface area contributed by atoms with E-state index in [1.165, 1.54) is 12.8 Å². The molecular formula is C13H21N3O. The molecule has 1 aliphatic heterocycles. The standard InChI is InChI=1S/C13H21N3O/c1-16(9-12-3-2-6-17-10-12)13-7-11(8-14)4-5-15-13/h4-5,7,12H,2-3,6,8-10,14H2,1H3. The average molecular weight is 235 g/mol. The molecule has 1 aliphatic rings. The Hall–Kier alpha value is -1.13. The van der Waals surface area contributed by atoms with Crippen LogP contribution in [0.3, 0.4) is 0 Å². The van der Waals surface area contributed by atoms with Crippen LogP contribution in [0.15, 0.2) is 18.3 Å². The Morgan fingerprint density at radius 1 is 1.59 bits per heavy atom. The molecule has 1 aromatic rings. The summed E-state index contributed by atoms with van der Waals surface area (Å²) in [5.74, 6) is 1.62. The van der Waals surface area contributed by atoms with Gasteiger partial charge in [-0.15, -0.1) is 0 Å². The van der Waals surface area contributed by atoms with Crippen LogP contribution < -0.4 is 10.6 Å². The van der Waals surface area contributed by atoms with Gasteiger partial charge in [0, 0.05) is 32.9 Å². The van der Waals surface area contributed by atoms with Crippen molar-refractivity contribution in [2.45, 2.75) is 19.4 Å². The Bertz CT molecular complexity index is 350. The number of ether oxygens (including phenoxy) is 1. The van der Waals surface area contributed by atoms with Crippen molar-refractivity contribution in [1.82, 2.24) is 4.98 Å². The van der Waals surface area contributed by atoms with Gasteiger partial charge in [-0.05, 0) is 36.5 Å². The molecule has 1 fully saturated rings. The van der Waals surface area contributed by atoms with Crippen molar-refractivity contribution >= 4 is 5.82 Å². The van der Waals surface area contributed by atoms with Gasteiger partial charge in [0.2, 0.25) is 0 Å². The molecule has 0 aromatic carbocycles. The third-order valence-electron chi connectivity index (χ3n) is 3.22. The highest BCUT2D eigenvalue weighted by atomic mass is 16.5. The summed E-state index contributed by atoms with van der Waals surface area (Å²) in [6.07, 6.45) is 4.25. The predicted octanol–water partition coefficient (Wildman–Crippen LogP) is 1.40. The second-order valence-corrected chi connectivity index (χ2v) is 4.69. The molecule has 0 saturated carbocycles. The maximum Gasteiger partial charge on any atom is 0.128 e. The summed E-state index contributed by atoms with van der Waals surface area (Å²) in [5, 5.41) is 0. The topological polar surface area (TPSA) is 51.4 Å². The SMILES string of the molecule is CN(CC1CCCOC1)c1cc(CN)ccn1. The van der Waals surface area contributed by atoms with Crippen molar-refractivity contribution in [3.63, 3.8) is 0 Å². The third kappa shape index (κ3) is 3.41. The number of nitrogens with zero attached hydrogens (tertiary/aromatic N) is 2. The first-order valence-corrected chi connectivity index (χ1v) is 6.23. The largest absolute Gasteiger partial charge is 0.381 e. The number of anilines is 1.